The Bertz CT molecular complexity index is 1100. The summed E-state index contributed by atoms with van der Waals surface area (Å²) < 4.78 is 33.5. The number of carbonyl (C=O) groups excluding carboxylic acids is 1. The van der Waals surface area contributed by atoms with Crippen molar-refractivity contribution in [3.63, 3.8) is 0 Å². The first-order valence-electron chi connectivity index (χ1n) is 22.9. The Hall–Kier alpha value is -2.06. The molecule has 0 amide bonds. The molecule has 9 heteroatoms. The number of phosphoric ester groups is 1. The topological polar surface area (TPSA) is 117 Å². The van der Waals surface area contributed by atoms with E-state index in [-0.39, 0.29) is 32.3 Å². The molecule has 8 nitrogen and oxygen atoms in total. The van der Waals surface area contributed by atoms with Crippen LogP contribution in [-0.4, -0.2) is 49.9 Å². The van der Waals surface area contributed by atoms with Gasteiger partial charge in [0.25, 0.3) is 0 Å². The number of esters is 1. The van der Waals surface area contributed by atoms with E-state index >= 15 is 0 Å². The van der Waals surface area contributed by atoms with Crippen LogP contribution < -0.4 is 5.73 Å². The zero-order valence-corrected chi connectivity index (χ0v) is 37.4. The van der Waals surface area contributed by atoms with E-state index in [0.717, 1.165) is 77.0 Å². The summed E-state index contributed by atoms with van der Waals surface area (Å²) in [6, 6.07) is 0. The normalized spacial score (nSPS) is 14.1. The minimum absolute atomic E-state index is 0.0946. The van der Waals surface area contributed by atoms with Gasteiger partial charge in [-0.05, 0) is 77.0 Å². The molecule has 0 spiro atoms. The van der Waals surface area contributed by atoms with Gasteiger partial charge in [0.15, 0.2) is 0 Å². The maximum atomic E-state index is 12.6. The summed E-state index contributed by atoms with van der Waals surface area (Å²) in [5.41, 5.74) is 5.37. The largest absolute Gasteiger partial charge is 0.472 e. The summed E-state index contributed by atoms with van der Waals surface area (Å²) in [5, 5.41) is 0. The average Bonchev–Trinajstić information content (AvgIpc) is 3.20. The molecule has 0 aromatic rings. The number of unbranched alkanes of at least 4 members (excludes halogenated alkanes) is 18. The molecule has 0 aliphatic heterocycles. The summed E-state index contributed by atoms with van der Waals surface area (Å²) in [4.78, 5) is 22.5. The Balaban J connectivity index is 4.01. The number of phosphoric acid groups is 1. The van der Waals surface area contributed by atoms with Gasteiger partial charge in [0.2, 0.25) is 0 Å². The number of hydrogen-bond donors (Lipinski definition) is 2. The molecular formula is C48H86NO7P. The van der Waals surface area contributed by atoms with Crippen LogP contribution in [0.4, 0.5) is 0 Å². The van der Waals surface area contributed by atoms with E-state index < -0.39 is 13.9 Å². The van der Waals surface area contributed by atoms with Gasteiger partial charge in [0, 0.05) is 19.6 Å². The van der Waals surface area contributed by atoms with Crippen molar-refractivity contribution in [1.82, 2.24) is 0 Å². The molecule has 0 rings (SSSR count). The number of allylic oxidation sites excluding steroid dienone is 12. The molecule has 3 N–H and O–H groups in total. The van der Waals surface area contributed by atoms with Gasteiger partial charge in [-0.3, -0.25) is 13.8 Å². The van der Waals surface area contributed by atoms with Crippen LogP contribution in [0, 0.1) is 0 Å². The van der Waals surface area contributed by atoms with Gasteiger partial charge in [-0.15, -0.1) is 0 Å². The second kappa shape index (κ2) is 45.0. The van der Waals surface area contributed by atoms with Crippen molar-refractivity contribution in [2.75, 3.05) is 33.0 Å². The fourth-order valence-corrected chi connectivity index (χ4v) is 6.77. The first-order chi connectivity index (χ1) is 27.9. The zero-order valence-electron chi connectivity index (χ0n) is 36.6. The highest BCUT2D eigenvalue weighted by molar-refractivity contribution is 7.47. The summed E-state index contributed by atoms with van der Waals surface area (Å²) in [7, 11) is -4.29. The number of carbonyl (C=O) groups is 1. The van der Waals surface area contributed by atoms with Gasteiger partial charge in [0.05, 0.1) is 19.8 Å². The summed E-state index contributed by atoms with van der Waals surface area (Å²) in [6.07, 6.45) is 56.3. The van der Waals surface area contributed by atoms with Crippen molar-refractivity contribution in [2.45, 2.75) is 193 Å². The van der Waals surface area contributed by atoms with Crippen LogP contribution in [0.2, 0.25) is 0 Å². The van der Waals surface area contributed by atoms with E-state index in [1.807, 2.05) is 0 Å². The molecule has 0 radical (unpaired) electrons. The predicted molar refractivity (Wildman–Crippen MR) is 242 cm³/mol. The van der Waals surface area contributed by atoms with E-state index in [1.165, 1.54) is 89.9 Å². The molecular weight excluding hydrogens is 734 g/mol. The van der Waals surface area contributed by atoms with Crippen LogP contribution in [0.1, 0.15) is 187 Å². The van der Waals surface area contributed by atoms with Gasteiger partial charge in [-0.25, -0.2) is 4.57 Å². The molecule has 0 aromatic heterocycles. The molecule has 57 heavy (non-hydrogen) atoms. The molecule has 0 bridgehead atoms. The highest BCUT2D eigenvalue weighted by Crippen LogP contribution is 2.43. The monoisotopic (exact) mass is 820 g/mol. The Morgan fingerprint density at radius 2 is 0.982 bits per heavy atom. The van der Waals surface area contributed by atoms with Crippen LogP contribution in [0.25, 0.3) is 0 Å². The van der Waals surface area contributed by atoms with Gasteiger partial charge >= 0.3 is 13.8 Å². The van der Waals surface area contributed by atoms with Crippen LogP contribution in [0.15, 0.2) is 72.9 Å². The molecule has 2 unspecified atom stereocenters. The van der Waals surface area contributed by atoms with E-state index in [4.69, 9.17) is 24.3 Å². The number of nitrogens with two attached hydrogens (primary N) is 1. The molecule has 0 saturated heterocycles. The van der Waals surface area contributed by atoms with Gasteiger partial charge in [0.1, 0.15) is 6.10 Å². The third-order valence-corrected chi connectivity index (χ3v) is 10.3. The Morgan fingerprint density at radius 3 is 1.47 bits per heavy atom. The molecule has 0 aliphatic rings. The predicted octanol–water partition coefficient (Wildman–Crippen LogP) is 13.9. The summed E-state index contributed by atoms with van der Waals surface area (Å²) in [6.45, 7) is 4.74. The van der Waals surface area contributed by atoms with Crippen LogP contribution in [0.3, 0.4) is 0 Å². The fraction of sp³-hybridized carbons (Fsp3) is 0.729. The molecule has 0 heterocycles. The molecule has 0 fully saturated rings. The Kier molecular flexibility index (Phi) is 43.4. The number of rotatable bonds is 43. The average molecular weight is 820 g/mol. The number of hydrogen-bond acceptors (Lipinski definition) is 7. The molecule has 0 aliphatic carbocycles. The van der Waals surface area contributed by atoms with Crippen LogP contribution >= 0.6 is 7.82 Å². The van der Waals surface area contributed by atoms with Gasteiger partial charge in [-0.1, -0.05) is 177 Å². The Morgan fingerprint density at radius 1 is 0.544 bits per heavy atom. The van der Waals surface area contributed by atoms with E-state index in [0.29, 0.717) is 13.0 Å². The van der Waals surface area contributed by atoms with E-state index in [1.54, 1.807) is 0 Å². The van der Waals surface area contributed by atoms with Crippen LogP contribution in [-0.2, 0) is 27.9 Å². The van der Waals surface area contributed by atoms with Crippen molar-refractivity contribution in [3.8, 4) is 0 Å². The molecule has 0 saturated carbocycles. The zero-order chi connectivity index (χ0) is 41.6. The van der Waals surface area contributed by atoms with Gasteiger partial charge < -0.3 is 20.1 Å². The summed E-state index contributed by atoms with van der Waals surface area (Å²) >= 11 is 0. The van der Waals surface area contributed by atoms with E-state index in [9.17, 15) is 14.3 Å². The van der Waals surface area contributed by atoms with Crippen molar-refractivity contribution in [1.29, 1.82) is 0 Å². The first kappa shape index (κ1) is 54.9. The van der Waals surface area contributed by atoms with Crippen molar-refractivity contribution in [3.05, 3.63) is 72.9 Å². The minimum Gasteiger partial charge on any atom is -0.457 e. The van der Waals surface area contributed by atoms with Crippen molar-refractivity contribution < 1.29 is 32.8 Å². The Labute approximate surface area is 350 Å². The summed E-state index contributed by atoms with van der Waals surface area (Å²) in [5.74, 6) is -0.341. The van der Waals surface area contributed by atoms with Gasteiger partial charge in [-0.2, -0.15) is 0 Å². The smallest absolute Gasteiger partial charge is 0.457 e. The minimum atomic E-state index is -4.29. The van der Waals surface area contributed by atoms with Crippen molar-refractivity contribution >= 4 is 13.8 Å². The fourth-order valence-electron chi connectivity index (χ4n) is 6.00. The third-order valence-electron chi connectivity index (χ3n) is 9.36. The lowest BCUT2D eigenvalue weighted by molar-refractivity contribution is -0.154. The lowest BCUT2D eigenvalue weighted by atomic mass is 10.0. The highest BCUT2D eigenvalue weighted by atomic mass is 31.2. The van der Waals surface area contributed by atoms with E-state index in [2.05, 4.69) is 86.8 Å². The lowest BCUT2D eigenvalue weighted by Gasteiger charge is -2.20. The maximum absolute atomic E-state index is 12.6. The quantitative estimate of drug-likeness (QED) is 0.0270. The lowest BCUT2D eigenvalue weighted by Crippen LogP contribution is -2.28. The van der Waals surface area contributed by atoms with Crippen molar-refractivity contribution in [2.24, 2.45) is 5.73 Å². The number of ether oxygens (including phenoxy) is 2. The maximum Gasteiger partial charge on any atom is 0.472 e. The standard InChI is InChI=1S/C48H86NO7P/c1-3-5-7-9-11-13-15-17-19-20-21-22-23-24-25-26-27-29-31-33-35-37-39-41-48(50)56-47(46-55-57(51,52)54-44-42-49)45-53-43-40-38-36-34-32-30-28-18-16-14-12-10-8-6-4-2/h5,7,10-13,16-19,21-22,47H,3-4,6,8-9,14-15,20,23-46,49H2,1-2H3,(H,51,52)/b7-5-,12-10-,13-11-,18-16-,19-17-,22-21-. The molecule has 2 atom stereocenters. The second-order valence-electron chi connectivity index (χ2n) is 14.9. The third kappa shape index (κ3) is 44.9. The first-order valence-corrected chi connectivity index (χ1v) is 24.4. The van der Waals surface area contributed by atoms with Crippen LogP contribution in [0.5, 0.6) is 0 Å². The molecule has 0 aromatic carbocycles. The molecule has 330 valence electrons. The SMILES string of the molecule is CC/C=C\C/C=C\C/C=C\C/C=C\CCCCCCCCCCCCC(=O)OC(COCCCCCCCC/C=C\C/C=C\CCCC)COP(=O)(O)OCCN. The second-order valence-corrected chi connectivity index (χ2v) is 16.3. The highest BCUT2D eigenvalue weighted by Gasteiger charge is 2.25.